The number of amides is 1. The van der Waals surface area contributed by atoms with Crippen molar-refractivity contribution in [3.05, 3.63) is 59.8 Å². The molecule has 0 fully saturated rings. The molecule has 138 valence electrons. The first-order chi connectivity index (χ1) is 12.9. The number of fused-ring (bicyclic) bond motifs is 3. The molecule has 0 saturated carbocycles. The lowest BCUT2D eigenvalue weighted by atomic mass is 10.1. The van der Waals surface area contributed by atoms with Gasteiger partial charge in [-0.3, -0.25) is 9.48 Å². The van der Waals surface area contributed by atoms with Crippen LogP contribution in [0.4, 0.5) is 5.69 Å². The molecule has 1 amide bonds. The zero-order chi connectivity index (χ0) is 19.2. The van der Waals surface area contributed by atoms with Gasteiger partial charge in [0.15, 0.2) is 15.5 Å². The lowest BCUT2D eigenvalue weighted by Crippen LogP contribution is -2.18. The average molecular weight is 383 g/mol. The van der Waals surface area contributed by atoms with E-state index in [4.69, 9.17) is 4.74 Å². The number of nitrogens with zero attached hydrogens (tertiary/aromatic N) is 2. The van der Waals surface area contributed by atoms with Gasteiger partial charge < -0.3 is 10.1 Å². The van der Waals surface area contributed by atoms with Gasteiger partial charge in [-0.15, -0.1) is 0 Å². The van der Waals surface area contributed by atoms with Gasteiger partial charge in [0.25, 0.3) is 5.91 Å². The molecule has 0 bridgehead atoms. The number of nitrogens with one attached hydrogen (secondary N) is 1. The molecule has 27 heavy (non-hydrogen) atoms. The Balaban J connectivity index is 1.78. The van der Waals surface area contributed by atoms with Crippen LogP contribution in [0.5, 0.6) is 5.75 Å². The van der Waals surface area contributed by atoms with Crippen LogP contribution in [-0.2, 0) is 22.6 Å². The van der Waals surface area contributed by atoms with Crippen LogP contribution < -0.4 is 10.1 Å². The highest BCUT2D eigenvalue weighted by molar-refractivity contribution is 7.90. The van der Waals surface area contributed by atoms with Crippen LogP contribution in [0.2, 0.25) is 0 Å². The fraction of sp³-hybridized carbons (Fsp3) is 0.158. The van der Waals surface area contributed by atoms with Gasteiger partial charge in [-0.2, -0.15) is 5.10 Å². The van der Waals surface area contributed by atoms with Gasteiger partial charge in [-0.25, -0.2) is 8.42 Å². The Morgan fingerprint density at radius 2 is 1.96 bits per heavy atom. The van der Waals surface area contributed by atoms with E-state index >= 15 is 0 Å². The van der Waals surface area contributed by atoms with E-state index in [1.54, 1.807) is 67.4 Å². The van der Waals surface area contributed by atoms with Gasteiger partial charge in [0.05, 0.1) is 23.5 Å². The molecule has 1 N–H and O–H groups in total. The molecule has 0 radical (unpaired) electrons. The number of anilines is 1. The number of hydrogen-bond donors (Lipinski definition) is 1. The maximum atomic E-state index is 12.8. The number of carbonyl (C=O) groups is 1. The van der Waals surface area contributed by atoms with E-state index in [1.165, 1.54) is 0 Å². The predicted octanol–water partition coefficient (Wildman–Crippen LogP) is 2.64. The van der Waals surface area contributed by atoms with E-state index in [-0.39, 0.29) is 16.3 Å². The number of ether oxygens (including phenoxy) is 1. The summed E-state index contributed by atoms with van der Waals surface area (Å²) >= 11 is 0. The zero-order valence-corrected chi connectivity index (χ0v) is 15.6. The summed E-state index contributed by atoms with van der Waals surface area (Å²) in [6.07, 6.45) is 0. The van der Waals surface area contributed by atoms with Crippen molar-refractivity contribution in [2.24, 2.45) is 7.05 Å². The smallest absolute Gasteiger partial charge is 0.276 e. The van der Waals surface area contributed by atoms with E-state index in [0.29, 0.717) is 28.3 Å². The Kier molecular flexibility index (Phi) is 4.00. The second kappa shape index (κ2) is 6.24. The quantitative estimate of drug-likeness (QED) is 0.751. The second-order valence-corrected chi connectivity index (χ2v) is 8.20. The summed E-state index contributed by atoms with van der Waals surface area (Å²) in [4.78, 5) is 13.1. The fourth-order valence-electron chi connectivity index (χ4n) is 3.32. The molecule has 4 rings (SSSR count). The topological polar surface area (TPSA) is 90.3 Å². The van der Waals surface area contributed by atoms with Crippen LogP contribution in [0.3, 0.4) is 0 Å². The minimum Gasteiger partial charge on any atom is -0.497 e. The number of carbonyl (C=O) groups excluding carboxylic acids is 1. The van der Waals surface area contributed by atoms with Crippen molar-refractivity contribution in [1.82, 2.24) is 9.78 Å². The first-order valence-electron chi connectivity index (χ1n) is 8.24. The van der Waals surface area contributed by atoms with Crippen LogP contribution in [0.25, 0.3) is 11.3 Å². The number of aromatic nitrogens is 2. The number of rotatable bonds is 3. The summed E-state index contributed by atoms with van der Waals surface area (Å²) in [6, 6.07) is 13.7. The van der Waals surface area contributed by atoms with Gasteiger partial charge >= 0.3 is 0 Å². The lowest BCUT2D eigenvalue weighted by Gasteiger charge is -2.18. The first kappa shape index (κ1) is 17.3. The molecule has 3 aromatic rings. The molecular formula is C19H17N3O4S. The van der Waals surface area contributed by atoms with Gasteiger partial charge in [-0.1, -0.05) is 24.3 Å². The van der Waals surface area contributed by atoms with Crippen LogP contribution in [0.1, 0.15) is 16.1 Å². The van der Waals surface area contributed by atoms with Crippen molar-refractivity contribution in [3.63, 3.8) is 0 Å². The molecule has 2 aromatic carbocycles. The average Bonchev–Trinajstić information content (AvgIpc) is 2.97. The summed E-state index contributed by atoms with van der Waals surface area (Å²) in [5, 5.41) is 7.06. The first-order valence-corrected chi connectivity index (χ1v) is 9.89. The van der Waals surface area contributed by atoms with E-state index in [1.807, 2.05) is 0 Å². The molecule has 8 heteroatoms. The highest BCUT2D eigenvalue weighted by Gasteiger charge is 2.34. The van der Waals surface area contributed by atoms with Crippen molar-refractivity contribution in [1.29, 1.82) is 0 Å². The third-order valence-corrected chi connectivity index (χ3v) is 6.19. The molecule has 0 saturated heterocycles. The number of sulfone groups is 1. The molecule has 0 unspecified atom stereocenters. The second-order valence-electron chi connectivity index (χ2n) is 6.24. The monoisotopic (exact) mass is 383 g/mol. The summed E-state index contributed by atoms with van der Waals surface area (Å²) in [7, 11) is -0.291. The maximum absolute atomic E-state index is 12.8. The highest BCUT2D eigenvalue weighted by Crippen LogP contribution is 2.39. The van der Waals surface area contributed by atoms with Crippen molar-refractivity contribution >= 4 is 21.4 Å². The fourth-order valence-corrected chi connectivity index (χ4v) is 4.91. The molecule has 0 aliphatic carbocycles. The molecule has 1 aromatic heterocycles. The van der Waals surface area contributed by atoms with Crippen LogP contribution in [0.15, 0.2) is 53.4 Å². The zero-order valence-electron chi connectivity index (χ0n) is 14.8. The summed E-state index contributed by atoms with van der Waals surface area (Å²) in [6.45, 7) is 0. The normalized spacial score (nSPS) is 14.1. The van der Waals surface area contributed by atoms with E-state index < -0.39 is 15.7 Å². The SMILES string of the molecule is COc1cccc(NC(=O)c2nn(C)c3c2CS(=O)(=O)c2ccccc2-3)c1. The van der Waals surface area contributed by atoms with Crippen LogP contribution >= 0.6 is 0 Å². The van der Waals surface area contributed by atoms with Gasteiger partial charge in [0.2, 0.25) is 0 Å². The Labute approximate surface area is 156 Å². The third-order valence-electron chi connectivity index (χ3n) is 4.50. The Morgan fingerprint density at radius 3 is 2.74 bits per heavy atom. The van der Waals surface area contributed by atoms with Crippen molar-refractivity contribution in [2.75, 3.05) is 12.4 Å². The third kappa shape index (κ3) is 2.87. The van der Waals surface area contributed by atoms with Gasteiger partial charge in [-0.05, 0) is 18.2 Å². The van der Waals surface area contributed by atoms with E-state index in [2.05, 4.69) is 10.4 Å². The van der Waals surface area contributed by atoms with Crippen LogP contribution in [-0.4, -0.2) is 31.2 Å². The molecule has 0 spiro atoms. The van der Waals surface area contributed by atoms with Crippen molar-refractivity contribution in [3.8, 4) is 17.0 Å². The minimum atomic E-state index is -3.54. The molecule has 1 aliphatic rings. The van der Waals surface area contributed by atoms with Crippen LogP contribution in [0, 0.1) is 0 Å². The van der Waals surface area contributed by atoms with Gasteiger partial charge in [0.1, 0.15) is 5.75 Å². The molecule has 1 aliphatic heterocycles. The Morgan fingerprint density at radius 1 is 1.19 bits per heavy atom. The van der Waals surface area contributed by atoms with Crippen molar-refractivity contribution < 1.29 is 17.9 Å². The Hall–Kier alpha value is -3.13. The molecule has 0 atom stereocenters. The molecule has 2 heterocycles. The summed E-state index contributed by atoms with van der Waals surface area (Å²) in [5.74, 6) is -0.115. The lowest BCUT2D eigenvalue weighted by molar-refractivity contribution is 0.102. The maximum Gasteiger partial charge on any atom is 0.276 e. The van der Waals surface area contributed by atoms with E-state index in [9.17, 15) is 13.2 Å². The molecule has 7 nitrogen and oxygen atoms in total. The summed E-state index contributed by atoms with van der Waals surface area (Å²) in [5.41, 5.74) is 2.27. The number of methoxy groups -OCH3 is 1. The van der Waals surface area contributed by atoms with E-state index in [0.717, 1.165) is 0 Å². The number of benzene rings is 2. The van der Waals surface area contributed by atoms with Gasteiger partial charge in [0, 0.05) is 29.9 Å². The minimum absolute atomic E-state index is 0.105. The summed E-state index contributed by atoms with van der Waals surface area (Å²) < 4.78 is 32.1. The van der Waals surface area contributed by atoms with Crippen molar-refractivity contribution in [2.45, 2.75) is 10.6 Å². The number of hydrogen-bond acceptors (Lipinski definition) is 5. The standard InChI is InChI=1S/C19H17N3O4S/c1-22-18-14-8-3-4-9-16(14)27(24,25)11-15(18)17(21-22)19(23)20-12-6-5-7-13(10-12)26-2/h3-10H,11H2,1-2H3,(H,20,23). The largest absolute Gasteiger partial charge is 0.497 e. The predicted molar refractivity (Wildman–Crippen MR) is 100 cm³/mol. The Bertz CT molecular complexity index is 1170. The molecular weight excluding hydrogens is 366 g/mol. The number of aryl methyl sites for hydroxylation is 1. The highest BCUT2D eigenvalue weighted by atomic mass is 32.2.